The number of aromatic nitrogens is 4. The van der Waals surface area contributed by atoms with Gasteiger partial charge in [-0.15, -0.1) is 0 Å². The molecule has 0 saturated heterocycles. The molecule has 9 heteroatoms. The summed E-state index contributed by atoms with van der Waals surface area (Å²) in [5.41, 5.74) is 1.25. The van der Waals surface area contributed by atoms with Crippen LogP contribution in [0.25, 0.3) is 22.1 Å². The monoisotopic (exact) mass is 446 g/mol. The van der Waals surface area contributed by atoms with Gasteiger partial charge in [0.25, 0.3) is 0 Å². The van der Waals surface area contributed by atoms with Crippen LogP contribution in [0.1, 0.15) is 43.1 Å². The number of nitrogens with zero attached hydrogens (tertiary/aromatic N) is 3. The first-order valence-electron chi connectivity index (χ1n) is 10.6. The lowest BCUT2D eigenvalue weighted by Crippen LogP contribution is -2.11. The fourth-order valence-electron chi connectivity index (χ4n) is 5.75. The highest BCUT2D eigenvalue weighted by Crippen LogP contribution is 2.65. The van der Waals surface area contributed by atoms with Crippen LogP contribution in [0.5, 0.6) is 0 Å². The van der Waals surface area contributed by atoms with E-state index in [0.29, 0.717) is 45.6 Å². The highest BCUT2D eigenvalue weighted by Gasteiger charge is 2.58. The summed E-state index contributed by atoms with van der Waals surface area (Å²) in [5, 5.41) is 0. The van der Waals surface area contributed by atoms with Crippen LogP contribution in [0.3, 0.4) is 0 Å². The first kappa shape index (κ1) is 19.7. The normalized spacial score (nSPS) is 26.1. The van der Waals surface area contributed by atoms with E-state index in [1.54, 1.807) is 6.33 Å². The second-order valence-electron chi connectivity index (χ2n) is 9.08. The summed E-state index contributed by atoms with van der Waals surface area (Å²) in [6, 6.07) is 6.07. The maximum atomic E-state index is 13.7. The molecule has 0 radical (unpaired) electrons. The van der Waals surface area contributed by atoms with Crippen LogP contribution >= 0.6 is 0 Å². The van der Waals surface area contributed by atoms with Crippen molar-refractivity contribution in [2.75, 3.05) is 0 Å². The molecule has 6 rings (SSSR count). The molecule has 2 saturated carbocycles. The number of fused-ring (bicyclic) bond motifs is 3. The van der Waals surface area contributed by atoms with Gasteiger partial charge in [0.15, 0.2) is 11.6 Å². The third kappa shape index (κ3) is 2.93. The lowest BCUT2D eigenvalue weighted by molar-refractivity contribution is -0.137. The number of hydrogen-bond donors (Lipinski definition) is 1. The van der Waals surface area contributed by atoms with Gasteiger partial charge in [-0.25, -0.2) is 18.7 Å². The van der Waals surface area contributed by atoms with Crippen molar-refractivity contribution in [1.29, 1.82) is 0 Å². The molecular weight excluding hydrogens is 427 g/mol. The Kier molecular flexibility index (Phi) is 4.02. The van der Waals surface area contributed by atoms with Crippen LogP contribution in [-0.4, -0.2) is 19.5 Å². The molecule has 2 heterocycles. The zero-order chi connectivity index (χ0) is 22.4. The summed E-state index contributed by atoms with van der Waals surface area (Å²) in [4.78, 5) is 11.9. The predicted molar refractivity (Wildman–Crippen MR) is 108 cm³/mol. The molecule has 2 aromatic carbocycles. The number of aromatic amines is 1. The van der Waals surface area contributed by atoms with E-state index >= 15 is 0 Å². The van der Waals surface area contributed by atoms with Crippen LogP contribution in [0, 0.1) is 29.4 Å². The Balaban J connectivity index is 1.20. The van der Waals surface area contributed by atoms with Crippen LogP contribution < -0.4 is 0 Å². The largest absolute Gasteiger partial charge is 0.416 e. The van der Waals surface area contributed by atoms with Gasteiger partial charge in [0, 0.05) is 24.1 Å². The minimum atomic E-state index is -4.40. The molecule has 4 aromatic rings. The zero-order valence-corrected chi connectivity index (χ0v) is 17.0. The number of nitrogens with one attached hydrogen (secondary N) is 1. The van der Waals surface area contributed by atoms with E-state index in [2.05, 4.69) is 21.9 Å². The van der Waals surface area contributed by atoms with Crippen molar-refractivity contribution < 1.29 is 22.0 Å². The van der Waals surface area contributed by atoms with E-state index in [9.17, 15) is 22.0 Å². The third-order valence-corrected chi connectivity index (χ3v) is 7.33. The van der Waals surface area contributed by atoms with Gasteiger partial charge in [0.2, 0.25) is 0 Å². The van der Waals surface area contributed by atoms with Crippen molar-refractivity contribution >= 4 is 22.1 Å². The fourth-order valence-corrected chi connectivity index (χ4v) is 5.75. The van der Waals surface area contributed by atoms with Crippen molar-refractivity contribution in [3.63, 3.8) is 0 Å². The van der Waals surface area contributed by atoms with E-state index in [0.717, 1.165) is 31.0 Å². The maximum Gasteiger partial charge on any atom is 0.416 e. The van der Waals surface area contributed by atoms with Gasteiger partial charge in [0.05, 0.1) is 34.0 Å². The number of rotatable bonds is 3. The van der Waals surface area contributed by atoms with E-state index in [-0.39, 0.29) is 12.0 Å². The smallest absolute Gasteiger partial charge is 0.342 e. The molecule has 1 unspecified atom stereocenters. The third-order valence-electron chi connectivity index (χ3n) is 7.33. The summed E-state index contributed by atoms with van der Waals surface area (Å²) in [6.07, 6.45) is -0.937. The topological polar surface area (TPSA) is 46.5 Å². The Bertz CT molecular complexity index is 1340. The highest BCUT2D eigenvalue weighted by molar-refractivity contribution is 5.76. The average Bonchev–Trinajstić information content (AvgIpc) is 3.14. The Hall–Kier alpha value is -2.97. The number of imidazole rings is 2. The number of hydrogen-bond acceptors (Lipinski definition) is 2. The Morgan fingerprint density at radius 1 is 1.03 bits per heavy atom. The molecule has 166 valence electrons. The molecule has 0 amide bonds. The molecule has 2 aliphatic carbocycles. The zero-order valence-electron chi connectivity index (χ0n) is 17.0. The number of halogens is 5. The van der Waals surface area contributed by atoms with Crippen molar-refractivity contribution in [2.24, 2.45) is 17.8 Å². The number of benzene rings is 2. The first-order chi connectivity index (χ1) is 15.2. The average molecular weight is 446 g/mol. The van der Waals surface area contributed by atoms with Gasteiger partial charge in [-0.1, -0.05) is 6.92 Å². The minimum absolute atomic E-state index is 0.0961. The van der Waals surface area contributed by atoms with Gasteiger partial charge >= 0.3 is 6.18 Å². The van der Waals surface area contributed by atoms with Crippen molar-refractivity contribution in [3.8, 4) is 0 Å². The summed E-state index contributed by atoms with van der Waals surface area (Å²) < 4.78 is 68.1. The molecule has 4 nitrogen and oxygen atoms in total. The van der Waals surface area contributed by atoms with Crippen molar-refractivity contribution in [1.82, 2.24) is 19.5 Å². The predicted octanol–water partition coefficient (Wildman–Crippen LogP) is 6.21. The van der Waals surface area contributed by atoms with Gasteiger partial charge in [-0.3, -0.25) is 0 Å². The SMILES string of the molecule is CC(c1nc2cc(C(F)(F)F)ccc2[nH]1)[C@@H]1[C@@H]2C[C@@H](n3cnc4cc(F)c(F)cc43)C[C@@H]21. The van der Waals surface area contributed by atoms with Crippen molar-refractivity contribution in [2.45, 2.75) is 37.9 Å². The van der Waals surface area contributed by atoms with E-state index in [1.807, 2.05) is 4.57 Å². The Labute approximate surface area is 179 Å². The molecule has 0 spiro atoms. The van der Waals surface area contributed by atoms with Crippen LogP contribution in [0.15, 0.2) is 36.7 Å². The number of alkyl halides is 3. The summed E-state index contributed by atoms with van der Waals surface area (Å²) in [7, 11) is 0. The molecule has 32 heavy (non-hydrogen) atoms. The van der Waals surface area contributed by atoms with E-state index in [4.69, 9.17) is 0 Å². The summed E-state index contributed by atoms with van der Waals surface area (Å²) >= 11 is 0. The van der Waals surface area contributed by atoms with E-state index < -0.39 is 23.4 Å². The quantitative estimate of drug-likeness (QED) is 0.380. The Morgan fingerprint density at radius 3 is 2.47 bits per heavy atom. The van der Waals surface area contributed by atoms with Gasteiger partial charge < -0.3 is 9.55 Å². The van der Waals surface area contributed by atoms with Crippen LogP contribution in [0.4, 0.5) is 22.0 Å². The lowest BCUT2D eigenvalue weighted by atomic mass is 9.96. The first-order valence-corrected chi connectivity index (χ1v) is 10.6. The van der Waals surface area contributed by atoms with Gasteiger partial charge in [-0.05, 0) is 48.8 Å². The molecule has 2 fully saturated rings. The molecule has 1 N–H and O–H groups in total. The summed E-state index contributed by atoms with van der Waals surface area (Å²) in [6.45, 7) is 2.06. The standard InChI is InChI=1S/C23H19F5N4/c1-10(22-30-17-3-2-11(23(26,27)28)4-18(17)31-22)21-13-5-12(6-14(13)21)32-9-29-19-7-15(24)16(25)8-20(19)32/h2-4,7-10,12-14,21H,5-6H2,1H3,(H,30,31)/t10?,12-,13-,14+,21-. The Morgan fingerprint density at radius 2 is 1.75 bits per heavy atom. The molecule has 2 aromatic heterocycles. The lowest BCUT2D eigenvalue weighted by Gasteiger charge is -2.19. The van der Waals surface area contributed by atoms with Crippen molar-refractivity contribution in [3.05, 3.63) is 59.7 Å². The molecule has 2 aliphatic rings. The molecule has 5 atom stereocenters. The van der Waals surface area contributed by atoms with Crippen LogP contribution in [-0.2, 0) is 6.18 Å². The molecule has 0 bridgehead atoms. The van der Waals surface area contributed by atoms with Gasteiger partial charge in [0.1, 0.15) is 5.82 Å². The fraction of sp³-hybridized carbons (Fsp3) is 0.391. The second kappa shape index (κ2) is 6.52. The van der Waals surface area contributed by atoms with E-state index in [1.165, 1.54) is 12.1 Å². The molecular formula is C23H19F5N4. The summed E-state index contributed by atoms with van der Waals surface area (Å²) in [5.74, 6) is 0.359. The maximum absolute atomic E-state index is 13.7. The molecule has 0 aliphatic heterocycles. The van der Waals surface area contributed by atoms with Crippen LogP contribution in [0.2, 0.25) is 0 Å². The number of H-pyrrole nitrogens is 1. The second-order valence-corrected chi connectivity index (χ2v) is 9.08. The minimum Gasteiger partial charge on any atom is -0.342 e. The highest BCUT2D eigenvalue weighted by atomic mass is 19.4. The van der Waals surface area contributed by atoms with Gasteiger partial charge in [-0.2, -0.15) is 13.2 Å².